The molecule has 1 unspecified atom stereocenters. The molecule has 0 N–H and O–H groups in total. The predicted octanol–water partition coefficient (Wildman–Crippen LogP) is 6.30. The van der Waals surface area contributed by atoms with Gasteiger partial charge in [-0.25, -0.2) is 0 Å². The Labute approximate surface area is 155 Å². The van der Waals surface area contributed by atoms with Crippen molar-refractivity contribution in [1.29, 1.82) is 0 Å². The lowest BCUT2D eigenvalue weighted by Crippen LogP contribution is -2.24. The number of rotatable bonds is 11. The predicted molar refractivity (Wildman–Crippen MR) is 100 cm³/mol. The molecule has 0 amide bonds. The van der Waals surface area contributed by atoms with Crippen LogP contribution in [0.15, 0.2) is 18.2 Å². The van der Waals surface area contributed by atoms with E-state index in [-0.39, 0.29) is 11.4 Å². The van der Waals surface area contributed by atoms with Crippen LogP contribution in [0.2, 0.25) is 10.0 Å². The van der Waals surface area contributed by atoms with Crippen LogP contribution in [-0.4, -0.2) is 19.7 Å². The summed E-state index contributed by atoms with van der Waals surface area (Å²) in [5.41, 5.74) is -0.0684. The molecule has 24 heavy (non-hydrogen) atoms. The Balaban J connectivity index is 2.65. The number of unbranched alkanes of at least 4 members (excludes halogenated alkanes) is 2. The maximum absolute atomic E-state index is 12.4. The number of hydrogen-bond acceptors (Lipinski definition) is 3. The number of esters is 1. The molecule has 1 rings (SSSR count). The van der Waals surface area contributed by atoms with Crippen LogP contribution in [0.25, 0.3) is 0 Å². The summed E-state index contributed by atoms with van der Waals surface area (Å²) in [7, 11) is 1.70. The monoisotopic (exact) mass is 374 g/mol. The topological polar surface area (TPSA) is 35.5 Å². The summed E-state index contributed by atoms with van der Waals surface area (Å²) in [5, 5.41) is 0.827. The van der Waals surface area contributed by atoms with Crippen LogP contribution < -0.4 is 4.74 Å². The Morgan fingerprint density at radius 3 is 2.46 bits per heavy atom. The van der Waals surface area contributed by atoms with Crippen molar-refractivity contribution in [3.05, 3.63) is 28.2 Å². The second-order valence-corrected chi connectivity index (χ2v) is 7.41. The summed E-state index contributed by atoms with van der Waals surface area (Å²) >= 11 is 11.8. The second kappa shape index (κ2) is 11.0. The summed E-state index contributed by atoms with van der Waals surface area (Å²) in [5.74, 6) is 0.201. The summed E-state index contributed by atoms with van der Waals surface area (Å²) in [6.07, 6.45) is 6.77. The first-order valence-electron chi connectivity index (χ1n) is 8.55. The number of methoxy groups -OCH3 is 1. The zero-order valence-corrected chi connectivity index (χ0v) is 16.4. The SMILES string of the molecule is CCCCCC(C)(CCCOC)CC(=O)Oc1ccc(Cl)c(Cl)c1. The Bertz CT molecular complexity index is 507. The highest BCUT2D eigenvalue weighted by molar-refractivity contribution is 6.42. The molecule has 1 aromatic rings. The van der Waals surface area contributed by atoms with E-state index in [9.17, 15) is 4.79 Å². The number of benzene rings is 1. The van der Waals surface area contributed by atoms with E-state index in [2.05, 4.69) is 13.8 Å². The third kappa shape index (κ3) is 7.87. The first-order chi connectivity index (χ1) is 11.4. The van der Waals surface area contributed by atoms with E-state index in [0.717, 1.165) is 25.7 Å². The van der Waals surface area contributed by atoms with Crippen LogP contribution in [-0.2, 0) is 9.53 Å². The Morgan fingerprint density at radius 1 is 1.12 bits per heavy atom. The average molecular weight is 375 g/mol. The quantitative estimate of drug-likeness (QED) is 0.259. The number of halogens is 2. The van der Waals surface area contributed by atoms with Gasteiger partial charge in [-0.3, -0.25) is 4.79 Å². The lowest BCUT2D eigenvalue weighted by Gasteiger charge is -2.28. The van der Waals surface area contributed by atoms with Gasteiger partial charge in [-0.15, -0.1) is 0 Å². The third-order valence-electron chi connectivity index (χ3n) is 4.21. The number of ether oxygens (including phenoxy) is 2. The molecule has 0 aliphatic carbocycles. The number of carbonyl (C=O) groups is 1. The molecule has 0 aromatic heterocycles. The molecule has 136 valence electrons. The van der Waals surface area contributed by atoms with Gasteiger partial charge >= 0.3 is 5.97 Å². The molecule has 3 nitrogen and oxygen atoms in total. The van der Waals surface area contributed by atoms with Gasteiger partial charge in [0.05, 0.1) is 16.5 Å². The second-order valence-electron chi connectivity index (χ2n) is 6.59. The zero-order valence-electron chi connectivity index (χ0n) is 14.9. The largest absolute Gasteiger partial charge is 0.426 e. The average Bonchev–Trinajstić information content (AvgIpc) is 2.51. The molecular weight excluding hydrogens is 347 g/mol. The van der Waals surface area contributed by atoms with E-state index >= 15 is 0 Å². The first kappa shape index (κ1) is 21.3. The molecular formula is C19H28Cl2O3. The van der Waals surface area contributed by atoms with Gasteiger partial charge < -0.3 is 9.47 Å². The van der Waals surface area contributed by atoms with Crippen molar-refractivity contribution in [2.24, 2.45) is 5.41 Å². The van der Waals surface area contributed by atoms with Gasteiger partial charge in [-0.2, -0.15) is 0 Å². The van der Waals surface area contributed by atoms with Crippen molar-refractivity contribution in [3.8, 4) is 5.75 Å². The van der Waals surface area contributed by atoms with E-state index < -0.39 is 0 Å². The van der Waals surface area contributed by atoms with Crippen LogP contribution in [0, 0.1) is 5.41 Å². The summed E-state index contributed by atoms with van der Waals surface area (Å²) in [6.45, 7) is 5.06. The van der Waals surface area contributed by atoms with E-state index in [4.69, 9.17) is 32.7 Å². The van der Waals surface area contributed by atoms with Crippen LogP contribution in [0.5, 0.6) is 5.75 Å². The van der Waals surface area contributed by atoms with Crippen molar-refractivity contribution in [1.82, 2.24) is 0 Å². The van der Waals surface area contributed by atoms with Crippen molar-refractivity contribution >= 4 is 29.2 Å². The molecule has 0 radical (unpaired) electrons. The van der Waals surface area contributed by atoms with Gasteiger partial charge in [0.1, 0.15) is 5.75 Å². The molecule has 0 heterocycles. The Hall–Kier alpha value is -0.770. The minimum atomic E-state index is -0.232. The lowest BCUT2D eigenvalue weighted by molar-refractivity contribution is -0.137. The van der Waals surface area contributed by atoms with E-state index in [0.29, 0.717) is 28.8 Å². The Kier molecular flexibility index (Phi) is 9.72. The normalized spacial score (nSPS) is 13.5. The molecule has 0 aliphatic heterocycles. The van der Waals surface area contributed by atoms with Gasteiger partial charge in [0, 0.05) is 19.8 Å². The van der Waals surface area contributed by atoms with Crippen molar-refractivity contribution in [2.45, 2.75) is 58.8 Å². The fourth-order valence-electron chi connectivity index (χ4n) is 2.80. The minimum absolute atomic E-state index is 0.0684. The first-order valence-corrected chi connectivity index (χ1v) is 9.30. The molecule has 1 aromatic carbocycles. The van der Waals surface area contributed by atoms with Crippen LogP contribution >= 0.6 is 23.2 Å². The number of carbonyl (C=O) groups excluding carboxylic acids is 1. The molecule has 0 fully saturated rings. The van der Waals surface area contributed by atoms with E-state index in [1.54, 1.807) is 25.3 Å². The van der Waals surface area contributed by atoms with Gasteiger partial charge in [-0.1, -0.05) is 56.3 Å². The van der Waals surface area contributed by atoms with Crippen LogP contribution in [0.3, 0.4) is 0 Å². The third-order valence-corrected chi connectivity index (χ3v) is 4.95. The van der Waals surface area contributed by atoms with E-state index in [1.807, 2.05) is 0 Å². The lowest BCUT2D eigenvalue weighted by atomic mass is 9.77. The fraction of sp³-hybridized carbons (Fsp3) is 0.632. The highest BCUT2D eigenvalue weighted by Gasteiger charge is 2.28. The molecule has 0 aliphatic rings. The molecule has 1 atom stereocenters. The highest BCUT2D eigenvalue weighted by atomic mass is 35.5. The summed E-state index contributed by atoms with van der Waals surface area (Å²) in [6, 6.07) is 4.86. The molecule has 0 saturated carbocycles. The Morgan fingerprint density at radius 2 is 1.83 bits per heavy atom. The van der Waals surface area contributed by atoms with Gasteiger partial charge in [-0.05, 0) is 36.8 Å². The van der Waals surface area contributed by atoms with Crippen molar-refractivity contribution in [3.63, 3.8) is 0 Å². The van der Waals surface area contributed by atoms with Crippen molar-refractivity contribution < 1.29 is 14.3 Å². The van der Waals surface area contributed by atoms with Crippen molar-refractivity contribution in [2.75, 3.05) is 13.7 Å². The zero-order chi connectivity index (χ0) is 18.0. The van der Waals surface area contributed by atoms with E-state index in [1.165, 1.54) is 12.8 Å². The smallest absolute Gasteiger partial charge is 0.311 e. The molecule has 0 saturated heterocycles. The van der Waals surface area contributed by atoms with Gasteiger partial charge in [0.2, 0.25) is 0 Å². The highest BCUT2D eigenvalue weighted by Crippen LogP contribution is 2.35. The summed E-state index contributed by atoms with van der Waals surface area (Å²) < 4.78 is 10.6. The van der Waals surface area contributed by atoms with Gasteiger partial charge in [0.15, 0.2) is 0 Å². The van der Waals surface area contributed by atoms with Crippen LogP contribution in [0.1, 0.15) is 58.8 Å². The maximum Gasteiger partial charge on any atom is 0.311 e. The van der Waals surface area contributed by atoms with Crippen LogP contribution in [0.4, 0.5) is 0 Å². The molecule has 0 bridgehead atoms. The minimum Gasteiger partial charge on any atom is -0.426 e. The molecule has 5 heteroatoms. The van der Waals surface area contributed by atoms with Gasteiger partial charge in [0.25, 0.3) is 0 Å². The maximum atomic E-state index is 12.4. The summed E-state index contributed by atoms with van der Waals surface area (Å²) in [4.78, 5) is 12.4. The standard InChI is InChI=1S/C19H28Cl2O3/c1-4-5-6-10-19(2,11-7-12-23-3)14-18(22)24-15-8-9-16(20)17(21)13-15/h8-9,13H,4-7,10-12,14H2,1-3H3. The number of hydrogen-bond donors (Lipinski definition) is 0. The molecule has 0 spiro atoms. The fourth-order valence-corrected chi connectivity index (χ4v) is 3.09.